The maximum atomic E-state index is 13.5. The molecule has 0 aliphatic carbocycles. The van der Waals surface area contributed by atoms with E-state index < -0.39 is 15.8 Å². The number of ether oxygens (including phenoxy) is 1. The van der Waals surface area contributed by atoms with Gasteiger partial charge in [0.2, 0.25) is 10.0 Å². The normalized spacial score (nSPS) is 15.8. The van der Waals surface area contributed by atoms with E-state index in [0.29, 0.717) is 31.7 Å². The van der Waals surface area contributed by atoms with Gasteiger partial charge in [0.1, 0.15) is 15.8 Å². The number of nitrogens with one attached hydrogen (secondary N) is 1. The molecule has 1 saturated heterocycles. The summed E-state index contributed by atoms with van der Waals surface area (Å²) in [5.41, 5.74) is 0.171. The van der Waals surface area contributed by atoms with E-state index in [-0.39, 0.29) is 21.7 Å². The van der Waals surface area contributed by atoms with Gasteiger partial charge in [-0.05, 0) is 42.5 Å². The monoisotopic (exact) mass is 398 g/mol. The Morgan fingerprint density at radius 3 is 2.65 bits per heavy atom. The number of hydrogen-bond acceptors (Lipinski definition) is 5. The molecule has 0 unspecified atom stereocenters. The molecule has 2 heterocycles. The molecule has 1 fully saturated rings. The lowest BCUT2D eigenvalue weighted by Gasteiger charge is -2.32. The van der Waals surface area contributed by atoms with Gasteiger partial charge in [-0.3, -0.25) is 4.79 Å². The fourth-order valence-corrected chi connectivity index (χ4v) is 5.23. The van der Waals surface area contributed by atoms with Gasteiger partial charge in [-0.2, -0.15) is 0 Å². The number of carbonyl (C=O) groups is 1. The lowest BCUT2D eigenvalue weighted by atomic mass is 10.0. The van der Waals surface area contributed by atoms with E-state index in [1.54, 1.807) is 22.4 Å². The second kappa shape index (κ2) is 7.73. The predicted octanol–water partition coefficient (Wildman–Crippen LogP) is 2.48. The van der Waals surface area contributed by atoms with Crippen LogP contribution in [0.25, 0.3) is 0 Å². The Bertz CT molecular complexity index is 876. The smallest absolute Gasteiger partial charge is 0.257 e. The van der Waals surface area contributed by atoms with E-state index in [9.17, 15) is 17.6 Å². The van der Waals surface area contributed by atoms with Crippen LogP contribution >= 0.6 is 11.3 Å². The van der Waals surface area contributed by atoms with Gasteiger partial charge < -0.3 is 9.64 Å². The molecule has 140 valence electrons. The average Bonchev–Trinajstić information content (AvgIpc) is 3.17. The molecule has 1 aromatic carbocycles. The lowest BCUT2D eigenvalue weighted by Crippen LogP contribution is -2.46. The number of sulfonamides is 1. The molecular formula is C17H19FN2O4S2. The molecule has 1 aliphatic heterocycles. The number of nitrogens with zero attached hydrogens (tertiary/aromatic N) is 1. The number of amides is 1. The summed E-state index contributed by atoms with van der Waals surface area (Å²) < 4.78 is 46.2. The first kappa shape index (κ1) is 18.8. The van der Waals surface area contributed by atoms with Gasteiger partial charge in [0.15, 0.2) is 0 Å². The van der Waals surface area contributed by atoms with Crippen LogP contribution in [0.5, 0.6) is 5.75 Å². The standard InChI is InChI=1S/C17H19FN2O4S2/c1-24-15-5-4-12(18)11-14(15)17(21)20-8-6-13(7-9-20)19-26(22,23)16-3-2-10-25-16/h2-5,10-11,13,19H,6-9H2,1H3. The van der Waals surface area contributed by atoms with Crippen LogP contribution in [-0.4, -0.2) is 45.5 Å². The summed E-state index contributed by atoms with van der Waals surface area (Å²) in [5, 5.41) is 1.71. The van der Waals surface area contributed by atoms with Gasteiger partial charge in [-0.1, -0.05) is 6.07 Å². The van der Waals surface area contributed by atoms with Gasteiger partial charge >= 0.3 is 0 Å². The minimum Gasteiger partial charge on any atom is -0.496 e. The van der Waals surface area contributed by atoms with E-state index in [1.807, 2.05) is 0 Å². The highest BCUT2D eigenvalue weighted by Gasteiger charge is 2.28. The Hall–Kier alpha value is -1.97. The van der Waals surface area contributed by atoms with Crippen LogP contribution < -0.4 is 9.46 Å². The average molecular weight is 398 g/mol. The van der Waals surface area contributed by atoms with Crippen molar-refractivity contribution in [3.8, 4) is 5.75 Å². The highest BCUT2D eigenvalue weighted by Crippen LogP contribution is 2.24. The number of thiophene rings is 1. The van der Waals surface area contributed by atoms with Crippen LogP contribution in [0.2, 0.25) is 0 Å². The summed E-state index contributed by atoms with van der Waals surface area (Å²) in [6.07, 6.45) is 0.988. The van der Waals surface area contributed by atoms with Crippen molar-refractivity contribution in [3.05, 3.63) is 47.1 Å². The molecule has 1 aliphatic rings. The van der Waals surface area contributed by atoms with Crippen molar-refractivity contribution in [2.45, 2.75) is 23.1 Å². The van der Waals surface area contributed by atoms with E-state index in [0.717, 1.165) is 17.4 Å². The van der Waals surface area contributed by atoms with E-state index >= 15 is 0 Å². The predicted molar refractivity (Wildman–Crippen MR) is 96.5 cm³/mol. The molecule has 0 bridgehead atoms. The summed E-state index contributed by atoms with van der Waals surface area (Å²) in [7, 11) is -2.10. The molecule has 26 heavy (non-hydrogen) atoms. The number of benzene rings is 1. The van der Waals surface area contributed by atoms with Crippen molar-refractivity contribution >= 4 is 27.3 Å². The molecule has 1 aromatic heterocycles. The first-order valence-corrected chi connectivity index (χ1v) is 10.5. The minimum atomic E-state index is -3.53. The van der Waals surface area contributed by atoms with Crippen LogP contribution in [0.15, 0.2) is 39.9 Å². The van der Waals surface area contributed by atoms with Crippen molar-refractivity contribution in [1.82, 2.24) is 9.62 Å². The van der Waals surface area contributed by atoms with Crippen molar-refractivity contribution in [3.63, 3.8) is 0 Å². The van der Waals surface area contributed by atoms with E-state index in [2.05, 4.69) is 4.72 Å². The topological polar surface area (TPSA) is 75.7 Å². The molecule has 1 N–H and O–H groups in total. The zero-order valence-corrected chi connectivity index (χ0v) is 15.8. The van der Waals surface area contributed by atoms with Gasteiger partial charge in [0.25, 0.3) is 5.91 Å². The van der Waals surface area contributed by atoms with Crippen LogP contribution in [0.4, 0.5) is 4.39 Å². The van der Waals surface area contributed by atoms with Crippen molar-refractivity contribution in [2.24, 2.45) is 0 Å². The Morgan fingerprint density at radius 1 is 1.31 bits per heavy atom. The second-order valence-corrected chi connectivity index (χ2v) is 8.85. The molecule has 0 radical (unpaired) electrons. The van der Waals surface area contributed by atoms with Crippen LogP contribution in [-0.2, 0) is 10.0 Å². The zero-order chi connectivity index (χ0) is 18.7. The third-order valence-corrected chi connectivity index (χ3v) is 7.17. The van der Waals surface area contributed by atoms with Crippen LogP contribution in [0, 0.1) is 5.82 Å². The first-order valence-electron chi connectivity index (χ1n) is 8.09. The third kappa shape index (κ3) is 4.05. The van der Waals surface area contributed by atoms with Crippen molar-refractivity contribution in [2.75, 3.05) is 20.2 Å². The summed E-state index contributed by atoms with van der Waals surface area (Å²) in [6.45, 7) is 0.770. The van der Waals surface area contributed by atoms with E-state index in [1.165, 1.54) is 19.2 Å². The van der Waals surface area contributed by atoms with Crippen molar-refractivity contribution < 1.29 is 22.3 Å². The third-order valence-electron chi connectivity index (χ3n) is 4.26. The molecule has 1 amide bonds. The minimum absolute atomic E-state index is 0.171. The number of halogens is 1. The number of likely N-dealkylation sites (tertiary alicyclic amines) is 1. The number of piperidine rings is 1. The Balaban J connectivity index is 1.64. The maximum Gasteiger partial charge on any atom is 0.257 e. The molecule has 0 atom stereocenters. The quantitative estimate of drug-likeness (QED) is 0.840. The largest absolute Gasteiger partial charge is 0.496 e. The molecule has 3 rings (SSSR count). The number of carbonyl (C=O) groups excluding carboxylic acids is 1. The number of rotatable bonds is 5. The molecule has 9 heteroatoms. The zero-order valence-electron chi connectivity index (χ0n) is 14.1. The molecule has 2 aromatic rings. The Morgan fingerprint density at radius 2 is 2.04 bits per heavy atom. The summed E-state index contributed by atoms with van der Waals surface area (Å²) in [5.74, 6) is -0.509. The fraction of sp³-hybridized carbons (Fsp3) is 0.353. The van der Waals surface area contributed by atoms with Gasteiger partial charge in [0, 0.05) is 19.1 Å². The molecule has 0 spiro atoms. The number of methoxy groups -OCH3 is 1. The summed E-state index contributed by atoms with van der Waals surface area (Å²) >= 11 is 1.16. The van der Waals surface area contributed by atoms with Crippen LogP contribution in [0.3, 0.4) is 0 Å². The van der Waals surface area contributed by atoms with E-state index in [4.69, 9.17) is 4.74 Å². The molecule has 6 nitrogen and oxygen atoms in total. The lowest BCUT2D eigenvalue weighted by molar-refractivity contribution is 0.0707. The number of hydrogen-bond donors (Lipinski definition) is 1. The van der Waals surface area contributed by atoms with Gasteiger partial charge in [-0.25, -0.2) is 17.5 Å². The van der Waals surface area contributed by atoms with Crippen LogP contribution in [0.1, 0.15) is 23.2 Å². The van der Waals surface area contributed by atoms with Gasteiger partial charge in [0.05, 0.1) is 12.7 Å². The molecular weight excluding hydrogens is 379 g/mol. The summed E-state index contributed by atoms with van der Waals surface area (Å²) in [4.78, 5) is 14.2. The highest BCUT2D eigenvalue weighted by molar-refractivity contribution is 7.91. The molecule has 0 saturated carbocycles. The Kier molecular flexibility index (Phi) is 5.59. The highest BCUT2D eigenvalue weighted by atomic mass is 32.2. The summed E-state index contributed by atoms with van der Waals surface area (Å²) in [6, 6.07) is 6.83. The SMILES string of the molecule is COc1ccc(F)cc1C(=O)N1CCC(NS(=O)(=O)c2cccs2)CC1. The van der Waals surface area contributed by atoms with Crippen molar-refractivity contribution in [1.29, 1.82) is 0 Å². The Labute approximate surface area is 155 Å². The second-order valence-electron chi connectivity index (χ2n) is 5.96. The van der Waals surface area contributed by atoms with Gasteiger partial charge in [-0.15, -0.1) is 11.3 Å². The first-order chi connectivity index (χ1) is 12.4. The maximum absolute atomic E-state index is 13.5. The fourth-order valence-electron chi connectivity index (χ4n) is 2.91.